The average molecular weight is 407 g/mol. The zero-order valence-corrected chi connectivity index (χ0v) is 17.0. The molecule has 3 rings (SSSR count). The predicted molar refractivity (Wildman–Crippen MR) is 117 cm³/mol. The number of hydrogen-bond acceptors (Lipinski definition) is 8. The van der Waals surface area contributed by atoms with E-state index in [-0.39, 0.29) is 24.3 Å². The summed E-state index contributed by atoms with van der Waals surface area (Å²) in [6.45, 7) is 4.19. The number of guanidine groups is 2. The van der Waals surface area contributed by atoms with Crippen molar-refractivity contribution < 1.29 is 14.4 Å². The number of ketones is 1. The number of nitrogens with zero attached hydrogens (tertiary/aromatic N) is 3. The molecule has 0 radical (unpaired) electrons. The van der Waals surface area contributed by atoms with Crippen molar-refractivity contribution in [2.45, 2.75) is 19.5 Å². The van der Waals surface area contributed by atoms with Gasteiger partial charge in [0.25, 0.3) is 0 Å². The summed E-state index contributed by atoms with van der Waals surface area (Å²) in [6.07, 6.45) is 3.33. The first-order chi connectivity index (χ1) is 14.3. The molecule has 0 fully saturated rings. The summed E-state index contributed by atoms with van der Waals surface area (Å²) in [4.78, 5) is 25.9. The number of allylic oxidation sites excluding steroid dienone is 1. The second kappa shape index (κ2) is 9.23. The molecule has 2 aromatic rings. The number of aliphatic imine (C=N–C) groups is 2. The van der Waals surface area contributed by atoms with E-state index in [0.29, 0.717) is 17.9 Å². The molecule has 0 aliphatic carbocycles. The lowest BCUT2D eigenvalue weighted by molar-refractivity contribution is -0.161. The van der Waals surface area contributed by atoms with E-state index in [1.54, 1.807) is 24.3 Å². The smallest absolute Gasteiger partial charge is 0.226 e. The third-order valence-corrected chi connectivity index (χ3v) is 4.26. The van der Waals surface area contributed by atoms with Crippen molar-refractivity contribution in [3.05, 3.63) is 71.8 Å². The minimum absolute atomic E-state index is 0.0392. The van der Waals surface area contributed by atoms with E-state index in [0.717, 1.165) is 5.56 Å². The lowest BCUT2D eigenvalue weighted by Crippen LogP contribution is -2.54. The number of ether oxygens (including phenoxy) is 1. The average Bonchev–Trinajstić information content (AvgIpc) is 2.71. The lowest BCUT2D eigenvalue weighted by Gasteiger charge is -2.36. The van der Waals surface area contributed by atoms with Gasteiger partial charge in [-0.2, -0.15) is 10.1 Å². The van der Waals surface area contributed by atoms with Crippen LogP contribution in [0, 0.1) is 0 Å². The Bertz CT molecular complexity index is 966. The van der Waals surface area contributed by atoms with Crippen LogP contribution in [0.25, 0.3) is 6.08 Å². The maximum absolute atomic E-state index is 12.1. The number of benzene rings is 2. The Labute approximate surface area is 175 Å². The molecule has 0 bridgehead atoms. The molecule has 1 aliphatic heterocycles. The zero-order valence-electron chi connectivity index (χ0n) is 17.0. The number of hydroxylamine groups is 2. The normalized spacial score (nSPS) is 15.6. The van der Waals surface area contributed by atoms with Crippen molar-refractivity contribution in [2.75, 3.05) is 13.2 Å². The van der Waals surface area contributed by atoms with Gasteiger partial charge in [0, 0.05) is 5.56 Å². The molecule has 0 aromatic heterocycles. The second-order valence-corrected chi connectivity index (χ2v) is 7.04. The standard InChI is InChI=1S/C22H25N5O3/c1-22(2)26-20(23)25-21(24)27(22)30-15-14-29-18-11-8-16(9-12-18)10-13-19(28)17-6-4-3-5-7-17/h3-13H,14-15H2,1-2H3,(H4,23,24,25,26). The Morgan fingerprint density at radius 3 is 2.43 bits per heavy atom. The summed E-state index contributed by atoms with van der Waals surface area (Å²) in [5, 5.41) is 1.41. The van der Waals surface area contributed by atoms with Crippen LogP contribution in [0.5, 0.6) is 5.75 Å². The van der Waals surface area contributed by atoms with Crippen LogP contribution in [0.3, 0.4) is 0 Å². The molecular formula is C22H25N5O3. The molecule has 1 aliphatic rings. The summed E-state index contributed by atoms with van der Waals surface area (Å²) >= 11 is 0. The van der Waals surface area contributed by atoms with Crippen LogP contribution in [0.4, 0.5) is 0 Å². The molecule has 0 atom stereocenters. The maximum Gasteiger partial charge on any atom is 0.226 e. The Hall–Kier alpha value is -3.65. The third-order valence-electron chi connectivity index (χ3n) is 4.26. The zero-order chi connectivity index (χ0) is 21.6. The van der Waals surface area contributed by atoms with E-state index in [1.165, 1.54) is 5.06 Å². The van der Waals surface area contributed by atoms with Crippen molar-refractivity contribution in [3.8, 4) is 5.75 Å². The molecule has 2 aromatic carbocycles. The number of rotatable bonds is 8. The van der Waals surface area contributed by atoms with Crippen molar-refractivity contribution in [1.82, 2.24) is 5.06 Å². The molecule has 8 heteroatoms. The summed E-state index contributed by atoms with van der Waals surface area (Å²) in [5.74, 6) is 0.913. The van der Waals surface area contributed by atoms with Gasteiger partial charge in [0.15, 0.2) is 11.4 Å². The topological polar surface area (TPSA) is 116 Å². The van der Waals surface area contributed by atoms with Gasteiger partial charge in [0.2, 0.25) is 11.9 Å². The largest absolute Gasteiger partial charge is 0.491 e. The van der Waals surface area contributed by atoms with E-state index < -0.39 is 5.66 Å². The molecule has 30 heavy (non-hydrogen) atoms. The van der Waals surface area contributed by atoms with Crippen molar-refractivity contribution in [2.24, 2.45) is 21.5 Å². The Morgan fingerprint density at radius 2 is 1.77 bits per heavy atom. The van der Waals surface area contributed by atoms with Gasteiger partial charge >= 0.3 is 0 Å². The molecule has 0 spiro atoms. The Kier molecular flexibility index (Phi) is 6.48. The Morgan fingerprint density at radius 1 is 1.07 bits per heavy atom. The van der Waals surface area contributed by atoms with Crippen LogP contribution in [0.2, 0.25) is 0 Å². The van der Waals surface area contributed by atoms with Gasteiger partial charge in [0.05, 0.1) is 0 Å². The number of nitrogens with two attached hydrogens (primary N) is 2. The minimum atomic E-state index is -0.749. The van der Waals surface area contributed by atoms with Gasteiger partial charge < -0.3 is 16.2 Å². The van der Waals surface area contributed by atoms with Gasteiger partial charge in [-0.1, -0.05) is 48.5 Å². The van der Waals surface area contributed by atoms with E-state index in [2.05, 4.69) is 9.98 Å². The monoisotopic (exact) mass is 407 g/mol. The SMILES string of the molecule is CC1(C)N=C(N)N=C(N)N1OCCOc1ccc(C=CC(=O)c2ccccc2)cc1. The number of carbonyl (C=O) groups excluding carboxylic acids is 1. The third kappa shape index (κ3) is 5.45. The van der Waals surface area contributed by atoms with Crippen LogP contribution in [0.1, 0.15) is 29.8 Å². The highest BCUT2D eigenvalue weighted by Gasteiger charge is 2.33. The lowest BCUT2D eigenvalue weighted by atomic mass is 10.1. The highest BCUT2D eigenvalue weighted by atomic mass is 16.7. The van der Waals surface area contributed by atoms with Gasteiger partial charge in [-0.3, -0.25) is 9.63 Å². The van der Waals surface area contributed by atoms with Crippen LogP contribution >= 0.6 is 0 Å². The molecule has 4 N–H and O–H groups in total. The number of carbonyl (C=O) groups is 1. The first-order valence-electron chi connectivity index (χ1n) is 9.48. The van der Waals surface area contributed by atoms with Gasteiger partial charge in [-0.05, 0) is 37.6 Å². The van der Waals surface area contributed by atoms with E-state index in [9.17, 15) is 4.79 Å². The van der Waals surface area contributed by atoms with Gasteiger partial charge in [-0.15, -0.1) is 0 Å². The van der Waals surface area contributed by atoms with Crippen molar-refractivity contribution in [3.63, 3.8) is 0 Å². The van der Waals surface area contributed by atoms with E-state index >= 15 is 0 Å². The molecule has 0 saturated heterocycles. The molecule has 1 heterocycles. The molecule has 0 unspecified atom stereocenters. The van der Waals surface area contributed by atoms with E-state index in [4.69, 9.17) is 21.0 Å². The highest BCUT2D eigenvalue weighted by Crippen LogP contribution is 2.20. The van der Waals surface area contributed by atoms with Crippen molar-refractivity contribution in [1.29, 1.82) is 0 Å². The molecule has 0 saturated carbocycles. The summed E-state index contributed by atoms with van der Waals surface area (Å²) in [6, 6.07) is 16.6. The first-order valence-corrected chi connectivity index (χ1v) is 9.48. The van der Waals surface area contributed by atoms with Crippen LogP contribution in [-0.4, -0.2) is 41.6 Å². The summed E-state index contributed by atoms with van der Waals surface area (Å²) < 4.78 is 5.69. The molecule has 156 valence electrons. The van der Waals surface area contributed by atoms with Gasteiger partial charge in [0.1, 0.15) is 19.0 Å². The fourth-order valence-corrected chi connectivity index (χ4v) is 2.85. The molecular weight excluding hydrogens is 382 g/mol. The van der Waals surface area contributed by atoms with Crippen LogP contribution in [0.15, 0.2) is 70.7 Å². The summed E-state index contributed by atoms with van der Waals surface area (Å²) in [7, 11) is 0. The first kappa shape index (κ1) is 21.1. The fraction of sp³-hybridized carbons (Fsp3) is 0.227. The maximum atomic E-state index is 12.1. The van der Waals surface area contributed by atoms with Gasteiger partial charge in [-0.25, -0.2) is 4.99 Å². The molecule has 8 nitrogen and oxygen atoms in total. The number of hydrogen-bond donors (Lipinski definition) is 2. The predicted octanol–water partition coefficient (Wildman–Crippen LogP) is 2.57. The summed E-state index contributed by atoms with van der Waals surface area (Å²) in [5.41, 5.74) is 12.3. The Balaban J connectivity index is 1.47. The van der Waals surface area contributed by atoms with Crippen LogP contribution < -0.4 is 16.2 Å². The molecule has 0 amide bonds. The van der Waals surface area contributed by atoms with E-state index in [1.807, 2.05) is 56.3 Å². The van der Waals surface area contributed by atoms with Crippen molar-refractivity contribution >= 4 is 23.8 Å². The quantitative estimate of drug-likeness (QED) is 0.395. The van der Waals surface area contributed by atoms with Crippen LogP contribution in [-0.2, 0) is 4.84 Å². The highest BCUT2D eigenvalue weighted by molar-refractivity contribution is 6.06. The minimum Gasteiger partial charge on any atom is -0.491 e. The second-order valence-electron chi connectivity index (χ2n) is 7.04. The fourth-order valence-electron chi connectivity index (χ4n) is 2.85.